The maximum atomic E-state index is 5.22. The second-order valence-electron chi connectivity index (χ2n) is 10.5. The topological polar surface area (TPSA) is 34.6 Å². The first-order valence-electron chi connectivity index (χ1n) is 13.8. The van der Waals surface area contributed by atoms with Gasteiger partial charge in [0.15, 0.2) is 0 Å². The monoisotopic (exact) mass is 526 g/mol. The number of benzene rings is 4. The molecule has 8 aromatic rings. The number of nitrogens with zero attached hydrogens (tertiary/aromatic N) is 4. The van der Waals surface area contributed by atoms with Crippen molar-refractivity contribution >= 4 is 21.9 Å². The van der Waals surface area contributed by atoms with Gasteiger partial charge < -0.3 is 4.40 Å². The van der Waals surface area contributed by atoms with Gasteiger partial charge in [-0.25, -0.2) is 9.50 Å². The zero-order chi connectivity index (χ0) is 27.3. The van der Waals surface area contributed by atoms with Gasteiger partial charge in [0.2, 0.25) is 0 Å². The molecule has 41 heavy (non-hydrogen) atoms. The summed E-state index contributed by atoms with van der Waals surface area (Å²) in [5, 5.41) is 7.65. The highest BCUT2D eigenvalue weighted by Gasteiger charge is 2.18. The Kier molecular flexibility index (Phi) is 5.32. The summed E-state index contributed by atoms with van der Waals surface area (Å²) >= 11 is 0. The molecular formula is C37H26N4. The van der Waals surface area contributed by atoms with Crippen molar-refractivity contribution in [2.24, 2.45) is 0 Å². The highest BCUT2D eigenvalue weighted by atomic mass is 15.2. The first-order chi connectivity index (χ1) is 20.2. The lowest BCUT2D eigenvalue weighted by Gasteiger charge is -2.09. The van der Waals surface area contributed by atoms with E-state index in [1.54, 1.807) is 0 Å². The Hall–Kier alpha value is -5.48. The molecule has 4 heterocycles. The summed E-state index contributed by atoms with van der Waals surface area (Å²) in [4.78, 5) is 4.77. The molecule has 0 atom stereocenters. The number of imidazole rings is 1. The zero-order valence-electron chi connectivity index (χ0n) is 22.6. The molecule has 0 spiro atoms. The predicted molar refractivity (Wildman–Crippen MR) is 168 cm³/mol. The van der Waals surface area contributed by atoms with Gasteiger partial charge in [-0.3, -0.25) is 0 Å². The summed E-state index contributed by atoms with van der Waals surface area (Å²) in [7, 11) is 0. The standard InChI is InChI=1S/C37H26N4/c1-25-36(39-41-34(28-10-3-2-4-11-28)23-30-12-5-6-15-32(30)37(25)41)31-14-9-13-29(22-31)26-17-19-27(20-18-26)33-24-40-21-8-7-16-35(40)38-33/h2-24H,1H3. The molecule has 0 fully saturated rings. The van der Waals surface area contributed by atoms with Gasteiger partial charge in [-0.05, 0) is 47.7 Å². The van der Waals surface area contributed by atoms with Crippen LogP contribution < -0.4 is 0 Å². The predicted octanol–water partition coefficient (Wildman–Crippen LogP) is 9.11. The molecule has 0 aliphatic carbocycles. The molecule has 4 heteroatoms. The van der Waals surface area contributed by atoms with E-state index in [9.17, 15) is 0 Å². The van der Waals surface area contributed by atoms with Crippen molar-refractivity contribution in [3.8, 4) is 44.9 Å². The molecule has 0 saturated carbocycles. The Morgan fingerprint density at radius 1 is 0.585 bits per heavy atom. The Morgan fingerprint density at radius 2 is 1.32 bits per heavy atom. The zero-order valence-corrected chi connectivity index (χ0v) is 22.6. The number of hydrogen-bond donors (Lipinski definition) is 0. The van der Waals surface area contributed by atoms with E-state index in [0.717, 1.165) is 56.1 Å². The van der Waals surface area contributed by atoms with Crippen LogP contribution in [-0.2, 0) is 0 Å². The lowest BCUT2D eigenvalue weighted by atomic mass is 9.98. The maximum Gasteiger partial charge on any atom is 0.137 e. The van der Waals surface area contributed by atoms with Crippen molar-refractivity contribution in [2.45, 2.75) is 6.92 Å². The summed E-state index contributed by atoms with van der Waals surface area (Å²) in [5.41, 5.74) is 12.0. The number of aromatic nitrogens is 4. The van der Waals surface area contributed by atoms with Gasteiger partial charge in [0.05, 0.1) is 22.6 Å². The van der Waals surface area contributed by atoms with Crippen LogP contribution in [0.25, 0.3) is 66.8 Å². The number of rotatable bonds is 4. The third-order valence-corrected chi connectivity index (χ3v) is 7.94. The Morgan fingerprint density at radius 3 is 2.17 bits per heavy atom. The van der Waals surface area contributed by atoms with Crippen molar-refractivity contribution in [3.63, 3.8) is 0 Å². The van der Waals surface area contributed by atoms with Crippen molar-refractivity contribution < 1.29 is 0 Å². The molecule has 4 aromatic carbocycles. The third-order valence-electron chi connectivity index (χ3n) is 7.94. The molecule has 194 valence electrons. The number of pyridine rings is 2. The molecule has 0 aliphatic rings. The average molecular weight is 527 g/mol. The van der Waals surface area contributed by atoms with Crippen molar-refractivity contribution in [3.05, 3.63) is 145 Å². The maximum absolute atomic E-state index is 5.22. The summed E-state index contributed by atoms with van der Waals surface area (Å²) in [6.07, 6.45) is 4.10. The molecule has 0 saturated heterocycles. The number of aryl methyl sites for hydroxylation is 1. The highest BCUT2D eigenvalue weighted by Crippen LogP contribution is 2.36. The van der Waals surface area contributed by atoms with Crippen LogP contribution in [0.1, 0.15) is 5.56 Å². The quantitative estimate of drug-likeness (QED) is 0.229. The van der Waals surface area contributed by atoms with Gasteiger partial charge in [0.1, 0.15) is 5.65 Å². The van der Waals surface area contributed by atoms with Crippen LogP contribution in [0.5, 0.6) is 0 Å². The Bertz CT molecular complexity index is 2170. The van der Waals surface area contributed by atoms with Crippen molar-refractivity contribution in [2.75, 3.05) is 0 Å². The summed E-state index contributed by atoms with van der Waals surface area (Å²) in [6.45, 7) is 2.19. The molecule has 0 radical (unpaired) electrons. The molecule has 0 bridgehead atoms. The van der Waals surface area contributed by atoms with Gasteiger partial charge in [-0.2, -0.15) is 5.10 Å². The summed E-state index contributed by atoms with van der Waals surface area (Å²) in [5.74, 6) is 0. The SMILES string of the molecule is Cc1c(-c2cccc(-c3ccc(-c4cn5ccccc5n4)cc3)c2)nn2c(-c3ccccc3)cc3ccccc3c12. The molecule has 4 nitrogen and oxygen atoms in total. The lowest BCUT2D eigenvalue weighted by molar-refractivity contribution is 0.979. The molecule has 0 amide bonds. The normalized spacial score (nSPS) is 11.5. The van der Waals surface area contributed by atoms with Gasteiger partial charge in [-0.1, -0.05) is 103 Å². The van der Waals surface area contributed by atoms with Crippen LogP contribution in [0.3, 0.4) is 0 Å². The van der Waals surface area contributed by atoms with Crippen LogP contribution in [0.4, 0.5) is 0 Å². The summed E-state index contributed by atoms with van der Waals surface area (Å²) in [6, 6.07) is 44.8. The Balaban J connectivity index is 1.23. The van der Waals surface area contributed by atoms with E-state index < -0.39 is 0 Å². The largest absolute Gasteiger partial charge is 0.306 e. The van der Waals surface area contributed by atoms with E-state index in [1.165, 1.54) is 16.3 Å². The average Bonchev–Trinajstić information content (AvgIpc) is 3.63. The van der Waals surface area contributed by atoms with Crippen LogP contribution in [0.15, 0.2) is 140 Å². The van der Waals surface area contributed by atoms with Crippen LogP contribution in [0, 0.1) is 6.92 Å². The lowest BCUT2D eigenvalue weighted by Crippen LogP contribution is -1.95. The third kappa shape index (κ3) is 3.92. The van der Waals surface area contributed by atoms with Crippen molar-refractivity contribution in [1.29, 1.82) is 0 Å². The second-order valence-corrected chi connectivity index (χ2v) is 10.5. The first-order valence-corrected chi connectivity index (χ1v) is 13.8. The number of fused-ring (bicyclic) bond motifs is 4. The van der Waals surface area contributed by atoms with E-state index in [2.05, 4.69) is 131 Å². The van der Waals surface area contributed by atoms with Gasteiger partial charge in [0, 0.05) is 40.0 Å². The minimum Gasteiger partial charge on any atom is -0.306 e. The molecule has 4 aromatic heterocycles. The molecular weight excluding hydrogens is 500 g/mol. The highest BCUT2D eigenvalue weighted by molar-refractivity contribution is 6.01. The fourth-order valence-electron chi connectivity index (χ4n) is 5.88. The van der Waals surface area contributed by atoms with E-state index in [0.29, 0.717) is 0 Å². The fourth-order valence-corrected chi connectivity index (χ4v) is 5.88. The first kappa shape index (κ1) is 23.4. The summed E-state index contributed by atoms with van der Waals surface area (Å²) < 4.78 is 4.18. The van der Waals surface area contributed by atoms with Gasteiger partial charge in [-0.15, -0.1) is 0 Å². The van der Waals surface area contributed by atoms with Crippen molar-refractivity contribution in [1.82, 2.24) is 19.0 Å². The minimum absolute atomic E-state index is 0.949. The fraction of sp³-hybridized carbons (Fsp3) is 0.0270. The number of hydrogen-bond acceptors (Lipinski definition) is 2. The smallest absolute Gasteiger partial charge is 0.137 e. The van der Waals surface area contributed by atoms with E-state index in [1.807, 2.05) is 24.4 Å². The second kappa shape index (κ2) is 9.32. The molecule has 0 aliphatic heterocycles. The molecule has 8 rings (SSSR count). The minimum atomic E-state index is 0.949. The van der Waals surface area contributed by atoms with Crippen LogP contribution in [0.2, 0.25) is 0 Å². The van der Waals surface area contributed by atoms with E-state index in [4.69, 9.17) is 10.1 Å². The molecule has 0 N–H and O–H groups in total. The van der Waals surface area contributed by atoms with E-state index >= 15 is 0 Å². The van der Waals surface area contributed by atoms with Gasteiger partial charge >= 0.3 is 0 Å². The molecule has 0 unspecified atom stereocenters. The van der Waals surface area contributed by atoms with Crippen LogP contribution >= 0.6 is 0 Å². The van der Waals surface area contributed by atoms with Gasteiger partial charge in [0.25, 0.3) is 0 Å². The Labute approximate surface area is 237 Å². The van der Waals surface area contributed by atoms with Crippen LogP contribution in [-0.4, -0.2) is 19.0 Å². The van der Waals surface area contributed by atoms with E-state index in [-0.39, 0.29) is 0 Å².